The lowest BCUT2D eigenvalue weighted by molar-refractivity contribution is 0.00732. The second-order valence-corrected chi connectivity index (χ2v) is 9.36. The van der Waals surface area contributed by atoms with E-state index < -0.39 is 0 Å². The van der Waals surface area contributed by atoms with E-state index in [1.807, 2.05) is 6.07 Å². The van der Waals surface area contributed by atoms with E-state index in [-0.39, 0.29) is 35.7 Å². The molecule has 4 atom stereocenters. The van der Waals surface area contributed by atoms with Gasteiger partial charge in [-0.2, -0.15) is 9.61 Å². The average molecular weight is 491 g/mol. The number of pyridine rings is 1. The van der Waals surface area contributed by atoms with Crippen molar-refractivity contribution in [3.05, 3.63) is 57.9 Å². The van der Waals surface area contributed by atoms with E-state index in [0.717, 1.165) is 32.1 Å². The van der Waals surface area contributed by atoms with Gasteiger partial charge in [0.2, 0.25) is 6.04 Å². The molecule has 0 saturated heterocycles. The molecule has 1 unspecified atom stereocenters. The second kappa shape index (κ2) is 9.99. The van der Waals surface area contributed by atoms with Gasteiger partial charge in [0.05, 0.1) is 18.3 Å². The molecule has 11 heteroatoms. The summed E-state index contributed by atoms with van der Waals surface area (Å²) in [4.78, 5) is 34.6. The van der Waals surface area contributed by atoms with Crippen LogP contribution in [0.2, 0.25) is 0 Å². The summed E-state index contributed by atoms with van der Waals surface area (Å²) in [5, 5.41) is 13.6. The van der Waals surface area contributed by atoms with Crippen molar-refractivity contribution in [2.45, 2.75) is 62.8 Å². The molecule has 5 rings (SSSR count). The summed E-state index contributed by atoms with van der Waals surface area (Å²) in [5.74, 6) is 0.762. The molecule has 0 aromatic carbocycles. The van der Waals surface area contributed by atoms with E-state index in [1.165, 1.54) is 6.20 Å². The summed E-state index contributed by atoms with van der Waals surface area (Å²) < 4.78 is 8.67. The van der Waals surface area contributed by atoms with Crippen LogP contribution in [-0.2, 0) is 4.74 Å². The molecular weight excluding hydrogens is 460 g/mol. The molecular formula is C25H30N8O3. The number of anilines is 3. The zero-order chi connectivity index (χ0) is 25.2. The number of carbonyl (C=O) groups is 1. The topological polar surface area (TPSA) is 119 Å². The Balaban J connectivity index is 1.44. The van der Waals surface area contributed by atoms with Gasteiger partial charge in [0.15, 0.2) is 5.65 Å². The second-order valence-electron chi connectivity index (χ2n) is 9.36. The number of ether oxygens (including phenoxy) is 1. The monoisotopic (exact) mass is 490 g/mol. The quantitative estimate of drug-likeness (QED) is 0.436. The summed E-state index contributed by atoms with van der Waals surface area (Å²) in [6.07, 6.45) is 8.46. The molecule has 3 N–H and O–H groups in total. The molecule has 3 aromatic rings. The molecule has 0 spiro atoms. The molecule has 3 aromatic heterocycles. The van der Waals surface area contributed by atoms with E-state index >= 15 is 0 Å². The van der Waals surface area contributed by atoms with Crippen molar-refractivity contribution >= 4 is 28.9 Å². The molecule has 2 aliphatic carbocycles. The zero-order valence-electron chi connectivity index (χ0n) is 20.4. The molecule has 11 nitrogen and oxygen atoms in total. The highest BCUT2D eigenvalue weighted by molar-refractivity contribution is 6.00. The number of methoxy groups -OCH3 is 1. The van der Waals surface area contributed by atoms with Crippen LogP contribution in [0.3, 0.4) is 0 Å². The number of amides is 1. The Labute approximate surface area is 208 Å². The number of fused-ring (bicyclic) bond motifs is 1. The number of rotatable bonds is 7. The highest BCUT2D eigenvalue weighted by Gasteiger charge is 2.33. The van der Waals surface area contributed by atoms with Crippen LogP contribution < -0.4 is 21.5 Å². The smallest absolute Gasteiger partial charge is 0.274 e. The highest BCUT2D eigenvalue weighted by atomic mass is 16.5. The molecule has 0 aliphatic heterocycles. The third-order valence-corrected chi connectivity index (χ3v) is 7.23. The summed E-state index contributed by atoms with van der Waals surface area (Å²) in [6, 6.07) is 5.20. The maximum atomic E-state index is 13.3. The molecule has 0 radical (unpaired) electrons. The Bertz CT molecular complexity index is 1370. The van der Waals surface area contributed by atoms with Crippen LogP contribution in [0.1, 0.15) is 54.9 Å². The van der Waals surface area contributed by atoms with Crippen molar-refractivity contribution < 1.29 is 9.53 Å². The Morgan fingerprint density at radius 2 is 2.14 bits per heavy atom. The Morgan fingerprint density at radius 1 is 1.28 bits per heavy atom. The minimum absolute atomic E-state index is 0.00275. The SMILES string of the molecule is [C-]#[N+][C@H]1CCC[C@@H](n2cccc(Nc3cc(NC)n4ncc(C(=O)NC5CC[C@@H]5OC)c4n3)c2=O)C1. The normalized spacial score (nSPS) is 23.5. The maximum Gasteiger partial charge on any atom is 0.274 e. The van der Waals surface area contributed by atoms with E-state index in [9.17, 15) is 9.59 Å². The van der Waals surface area contributed by atoms with Gasteiger partial charge in [-0.1, -0.05) is 0 Å². The number of hydrogen-bond donors (Lipinski definition) is 3. The maximum absolute atomic E-state index is 13.3. The summed E-state index contributed by atoms with van der Waals surface area (Å²) >= 11 is 0. The van der Waals surface area contributed by atoms with Crippen molar-refractivity contribution in [2.75, 3.05) is 24.8 Å². The van der Waals surface area contributed by atoms with Crippen molar-refractivity contribution in [2.24, 2.45) is 0 Å². The van der Waals surface area contributed by atoms with Crippen LogP contribution in [0, 0.1) is 6.57 Å². The molecule has 36 heavy (non-hydrogen) atoms. The molecule has 2 fully saturated rings. The lowest BCUT2D eigenvalue weighted by Gasteiger charge is -2.35. The number of aromatic nitrogens is 4. The molecule has 1 amide bonds. The van der Waals surface area contributed by atoms with Gasteiger partial charge in [0, 0.05) is 45.3 Å². The predicted octanol–water partition coefficient (Wildman–Crippen LogP) is 2.99. The first kappa shape index (κ1) is 23.8. The fourth-order valence-electron chi connectivity index (χ4n) is 5.07. The van der Waals surface area contributed by atoms with Crippen molar-refractivity contribution in [3.63, 3.8) is 0 Å². The van der Waals surface area contributed by atoms with Crippen LogP contribution >= 0.6 is 0 Å². The van der Waals surface area contributed by atoms with Crippen LogP contribution in [0.15, 0.2) is 35.4 Å². The first-order valence-corrected chi connectivity index (χ1v) is 12.3. The van der Waals surface area contributed by atoms with E-state index in [4.69, 9.17) is 11.3 Å². The zero-order valence-corrected chi connectivity index (χ0v) is 20.4. The minimum atomic E-state index is -0.266. The minimum Gasteiger partial charge on any atom is -0.379 e. The molecule has 2 saturated carbocycles. The number of hydrogen-bond acceptors (Lipinski definition) is 7. The van der Waals surface area contributed by atoms with Gasteiger partial charge >= 0.3 is 0 Å². The molecule has 2 aliphatic rings. The van der Waals surface area contributed by atoms with Gasteiger partial charge in [-0.15, -0.1) is 0 Å². The third kappa shape index (κ3) is 4.40. The fraction of sp³-hybridized carbons (Fsp3) is 0.480. The fourth-order valence-corrected chi connectivity index (χ4v) is 5.07. The first-order valence-electron chi connectivity index (χ1n) is 12.3. The van der Waals surface area contributed by atoms with Crippen LogP contribution in [0.5, 0.6) is 0 Å². The van der Waals surface area contributed by atoms with Crippen molar-refractivity contribution in [1.29, 1.82) is 0 Å². The van der Waals surface area contributed by atoms with Gasteiger partial charge in [-0.3, -0.25) is 9.59 Å². The predicted molar refractivity (Wildman–Crippen MR) is 136 cm³/mol. The highest BCUT2D eigenvalue weighted by Crippen LogP contribution is 2.30. The van der Waals surface area contributed by atoms with Gasteiger partial charge in [0.25, 0.3) is 11.5 Å². The first-order chi connectivity index (χ1) is 17.5. The lowest BCUT2D eigenvalue weighted by Crippen LogP contribution is -2.51. The summed E-state index contributed by atoms with van der Waals surface area (Å²) in [5.41, 5.74) is 0.931. The van der Waals surface area contributed by atoms with Gasteiger partial charge in [0.1, 0.15) is 22.9 Å². The van der Waals surface area contributed by atoms with Crippen LogP contribution in [0.4, 0.5) is 17.3 Å². The third-order valence-electron chi connectivity index (χ3n) is 7.23. The van der Waals surface area contributed by atoms with Crippen molar-refractivity contribution in [1.82, 2.24) is 24.5 Å². The number of nitrogens with zero attached hydrogens (tertiary/aromatic N) is 5. The van der Waals surface area contributed by atoms with Gasteiger partial charge in [-0.05, 0) is 37.8 Å². The standard InChI is InChI=1S/C25H30N8O3/c1-26-15-6-4-7-16(12-15)32-11-5-8-19(25(32)35)29-21-13-22(27-2)33-23(31-21)17(14-28-33)24(34)30-18-9-10-20(18)36-3/h5,8,11,13-16,18,20,27H,4,6-7,9-10,12H2,2-3H3,(H,29,31)(H,30,34)/t15-,16+,18?,20-/m0/s1. The van der Waals surface area contributed by atoms with Gasteiger partial charge < -0.3 is 30.1 Å². The van der Waals surface area contributed by atoms with E-state index in [0.29, 0.717) is 35.0 Å². The van der Waals surface area contributed by atoms with Crippen LogP contribution in [0.25, 0.3) is 10.5 Å². The Kier molecular flexibility index (Phi) is 6.61. The number of nitrogens with one attached hydrogen (secondary N) is 3. The number of carbonyl (C=O) groups excluding carboxylic acids is 1. The summed E-state index contributed by atoms with van der Waals surface area (Å²) in [7, 11) is 3.40. The van der Waals surface area contributed by atoms with Gasteiger partial charge in [-0.25, -0.2) is 11.6 Å². The van der Waals surface area contributed by atoms with Crippen LogP contribution in [-0.4, -0.2) is 57.4 Å². The van der Waals surface area contributed by atoms with Crippen molar-refractivity contribution in [3.8, 4) is 0 Å². The van der Waals surface area contributed by atoms with E-state index in [1.54, 1.807) is 41.6 Å². The summed E-state index contributed by atoms with van der Waals surface area (Å²) in [6.45, 7) is 7.37. The largest absolute Gasteiger partial charge is 0.379 e. The average Bonchev–Trinajstić information content (AvgIpc) is 3.31. The molecule has 0 bridgehead atoms. The Hall–Kier alpha value is -3.91. The lowest BCUT2D eigenvalue weighted by atomic mass is 9.89. The molecule has 188 valence electrons. The van der Waals surface area contributed by atoms with E-state index in [2.05, 4.69) is 30.9 Å². The Morgan fingerprint density at radius 3 is 2.86 bits per heavy atom. The molecule has 3 heterocycles.